The molecule has 2 aromatic heterocycles. The predicted octanol–water partition coefficient (Wildman–Crippen LogP) is 5.15. The van der Waals surface area contributed by atoms with Crippen molar-refractivity contribution in [2.45, 2.75) is 19.3 Å². The molecule has 0 bridgehead atoms. The van der Waals surface area contributed by atoms with Crippen LogP contribution in [0.3, 0.4) is 0 Å². The lowest BCUT2D eigenvalue weighted by Crippen LogP contribution is -2.18. The first-order chi connectivity index (χ1) is 14.3. The fraction of sp³-hybridized carbons (Fsp3) is 0.125. The second-order valence-electron chi connectivity index (χ2n) is 7.06. The molecule has 4 aromatic rings. The summed E-state index contributed by atoms with van der Waals surface area (Å²) in [4.78, 5) is 23.5. The highest BCUT2D eigenvalue weighted by molar-refractivity contribution is 7.13. The summed E-state index contributed by atoms with van der Waals surface area (Å²) in [5.41, 5.74) is 6.02. The summed E-state index contributed by atoms with van der Waals surface area (Å²) in [6.45, 7) is 0. The molecule has 2 aromatic carbocycles. The average molecular weight is 398 g/mol. The van der Waals surface area contributed by atoms with E-state index in [-0.39, 0.29) is 5.91 Å². The number of carbonyl (C=O) groups is 1. The van der Waals surface area contributed by atoms with Crippen molar-refractivity contribution in [1.29, 1.82) is 0 Å². The number of rotatable bonds is 4. The topological polar surface area (TPSA) is 54.9 Å². The van der Waals surface area contributed by atoms with E-state index in [1.54, 1.807) is 11.3 Å². The van der Waals surface area contributed by atoms with Gasteiger partial charge in [0, 0.05) is 5.56 Å². The van der Waals surface area contributed by atoms with Crippen molar-refractivity contribution in [2.75, 3.05) is 5.32 Å². The number of amides is 1. The van der Waals surface area contributed by atoms with Crippen molar-refractivity contribution in [3.8, 4) is 21.8 Å². The fourth-order valence-corrected chi connectivity index (χ4v) is 4.43. The van der Waals surface area contributed by atoms with Gasteiger partial charge in [-0.25, -0.2) is 9.97 Å². The third-order valence-corrected chi connectivity index (χ3v) is 5.97. The molecule has 2 heterocycles. The highest BCUT2D eigenvalue weighted by Crippen LogP contribution is 2.36. The van der Waals surface area contributed by atoms with Crippen LogP contribution in [0, 0.1) is 0 Å². The van der Waals surface area contributed by atoms with Crippen LogP contribution in [0.4, 0.5) is 5.82 Å². The molecule has 0 radical (unpaired) electrons. The molecule has 0 saturated heterocycles. The van der Waals surface area contributed by atoms with Crippen molar-refractivity contribution in [1.82, 2.24) is 9.97 Å². The molecule has 4 nitrogen and oxygen atoms in total. The molecule has 0 fully saturated rings. The van der Waals surface area contributed by atoms with E-state index in [4.69, 9.17) is 9.97 Å². The van der Waals surface area contributed by atoms with Crippen LogP contribution in [0.15, 0.2) is 72.1 Å². The Kier molecular flexibility index (Phi) is 4.66. The van der Waals surface area contributed by atoms with Gasteiger partial charge in [0.05, 0.1) is 22.7 Å². The van der Waals surface area contributed by atoms with E-state index >= 15 is 0 Å². The molecule has 0 aliphatic heterocycles. The average Bonchev–Trinajstić information content (AvgIpc) is 3.28. The third-order valence-electron chi connectivity index (χ3n) is 5.09. The number of hydrogen-bond donors (Lipinski definition) is 1. The molecule has 142 valence electrons. The molecule has 0 atom stereocenters. The zero-order chi connectivity index (χ0) is 19.6. The van der Waals surface area contributed by atoms with Gasteiger partial charge in [0.2, 0.25) is 5.91 Å². The minimum Gasteiger partial charge on any atom is -0.309 e. The molecular weight excluding hydrogens is 378 g/mol. The highest BCUT2D eigenvalue weighted by Gasteiger charge is 2.23. The fourth-order valence-electron chi connectivity index (χ4n) is 3.71. The van der Waals surface area contributed by atoms with Crippen LogP contribution in [-0.2, 0) is 24.1 Å². The SMILES string of the molecule is O=C(Cc1ccccc1)Nc1nc2c(nc1-c1cccs1)-c1ccccc1CC2. The predicted molar refractivity (Wildman–Crippen MR) is 117 cm³/mol. The molecular formula is C24H19N3OS. The first-order valence-corrected chi connectivity index (χ1v) is 10.5. The number of carbonyl (C=O) groups excluding carboxylic acids is 1. The Balaban J connectivity index is 1.54. The highest BCUT2D eigenvalue weighted by atomic mass is 32.1. The second-order valence-corrected chi connectivity index (χ2v) is 8.01. The van der Waals surface area contributed by atoms with Crippen LogP contribution < -0.4 is 5.32 Å². The van der Waals surface area contributed by atoms with Gasteiger partial charge < -0.3 is 5.32 Å². The van der Waals surface area contributed by atoms with Crippen LogP contribution in [-0.4, -0.2) is 15.9 Å². The van der Waals surface area contributed by atoms with Crippen LogP contribution in [0.2, 0.25) is 0 Å². The summed E-state index contributed by atoms with van der Waals surface area (Å²) in [7, 11) is 0. The first-order valence-electron chi connectivity index (χ1n) is 9.65. The summed E-state index contributed by atoms with van der Waals surface area (Å²) in [6, 6.07) is 22.1. The number of thiophene rings is 1. The van der Waals surface area contributed by atoms with E-state index in [1.165, 1.54) is 5.56 Å². The van der Waals surface area contributed by atoms with Crippen LogP contribution in [0.25, 0.3) is 21.8 Å². The van der Waals surface area contributed by atoms with Gasteiger partial charge in [0.25, 0.3) is 0 Å². The zero-order valence-electron chi connectivity index (χ0n) is 15.8. The minimum absolute atomic E-state index is 0.0838. The number of aromatic nitrogens is 2. The van der Waals surface area contributed by atoms with E-state index in [1.807, 2.05) is 53.9 Å². The van der Waals surface area contributed by atoms with Crippen molar-refractivity contribution in [3.05, 3.63) is 88.9 Å². The Hall–Kier alpha value is -3.31. The van der Waals surface area contributed by atoms with Gasteiger partial charge in [0.1, 0.15) is 5.69 Å². The number of nitrogens with one attached hydrogen (secondary N) is 1. The number of hydrogen-bond acceptors (Lipinski definition) is 4. The number of benzene rings is 2. The molecule has 29 heavy (non-hydrogen) atoms. The molecule has 0 unspecified atom stereocenters. The summed E-state index contributed by atoms with van der Waals surface area (Å²) >= 11 is 1.60. The monoisotopic (exact) mass is 397 g/mol. The number of anilines is 1. The van der Waals surface area contributed by atoms with E-state index in [2.05, 4.69) is 23.5 Å². The van der Waals surface area contributed by atoms with Gasteiger partial charge in [0.15, 0.2) is 5.82 Å². The van der Waals surface area contributed by atoms with Crippen LogP contribution in [0.5, 0.6) is 0 Å². The van der Waals surface area contributed by atoms with Crippen LogP contribution >= 0.6 is 11.3 Å². The van der Waals surface area contributed by atoms with E-state index < -0.39 is 0 Å². The van der Waals surface area contributed by atoms with E-state index in [9.17, 15) is 4.79 Å². The molecule has 0 spiro atoms. The molecule has 1 N–H and O–H groups in total. The molecule has 5 rings (SSSR count). The molecule has 1 amide bonds. The smallest absolute Gasteiger partial charge is 0.230 e. The Morgan fingerprint density at radius 3 is 2.55 bits per heavy atom. The lowest BCUT2D eigenvalue weighted by molar-refractivity contribution is -0.115. The molecule has 1 aliphatic carbocycles. The lowest BCUT2D eigenvalue weighted by Gasteiger charge is -2.20. The normalized spacial score (nSPS) is 12.1. The van der Waals surface area contributed by atoms with Gasteiger partial charge in [-0.3, -0.25) is 4.79 Å². The lowest BCUT2D eigenvalue weighted by atomic mass is 9.92. The minimum atomic E-state index is -0.0838. The molecule has 1 aliphatic rings. The second kappa shape index (κ2) is 7.60. The maximum atomic E-state index is 12.7. The van der Waals surface area contributed by atoms with Crippen LogP contribution in [0.1, 0.15) is 16.8 Å². The molecule has 5 heteroatoms. The van der Waals surface area contributed by atoms with Gasteiger partial charge in [-0.1, -0.05) is 60.7 Å². The van der Waals surface area contributed by atoms with Gasteiger partial charge in [-0.2, -0.15) is 0 Å². The molecule has 0 saturated carbocycles. The summed E-state index contributed by atoms with van der Waals surface area (Å²) in [6.07, 6.45) is 2.07. The third kappa shape index (κ3) is 3.57. The Bertz CT molecular complexity index is 1170. The van der Waals surface area contributed by atoms with Crippen molar-refractivity contribution in [3.63, 3.8) is 0 Å². The maximum absolute atomic E-state index is 12.7. The van der Waals surface area contributed by atoms with E-state index in [0.29, 0.717) is 12.2 Å². The number of fused-ring (bicyclic) bond motifs is 3. The van der Waals surface area contributed by atoms with Crippen molar-refractivity contribution < 1.29 is 4.79 Å². The quantitative estimate of drug-likeness (QED) is 0.518. The van der Waals surface area contributed by atoms with Gasteiger partial charge in [-0.05, 0) is 35.4 Å². The van der Waals surface area contributed by atoms with Crippen molar-refractivity contribution in [2.24, 2.45) is 0 Å². The maximum Gasteiger partial charge on any atom is 0.230 e. The largest absolute Gasteiger partial charge is 0.309 e. The van der Waals surface area contributed by atoms with Gasteiger partial charge >= 0.3 is 0 Å². The zero-order valence-corrected chi connectivity index (χ0v) is 16.6. The van der Waals surface area contributed by atoms with Crippen molar-refractivity contribution >= 4 is 23.1 Å². The van der Waals surface area contributed by atoms with Gasteiger partial charge in [-0.15, -0.1) is 11.3 Å². The summed E-state index contributed by atoms with van der Waals surface area (Å²) < 4.78 is 0. The standard InChI is InChI=1S/C24H19N3OS/c28-21(15-16-7-2-1-3-8-16)26-24-23(20-11-6-14-29-20)27-22-18-10-5-4-9-17(18)12-13-19(22)25-24/h1-11,14H,12-13,15H2,(H,25,26,28). The Morgan fingerprint density at radius 1 is 0.897 bits per heavy atom. The summed E-state index contributed by atoms with van der Waals surface area (Å²) in [5.74, 6) is 0.464. The number of nitrogens with zero attached hydrogens (tertiary/aromatic N) is 2. The Morgan fingerprint density at radius 2 is 1.72 bits per heavy atom. The Labute approximate surface area is 173 Å². The first kappa shape index (κ1) is 17.8. The summed E-state index contributed by atoms with van der Waals surface area (Å²) in [5, 5.41) is 5.03. The van der Waals surface area contributed by atoms with E-state index in [0.717, 1.165) is 45.9 Å². The number of aryl methyl sites for hydroxylation is 2.